The predicted octanol–water partition coefficient (Wildman–Crippen LogP) is 4.48. The highest BCUT2D eigenvalue weighted by Crippen LogP contribution is 2.26. The van der Waals surface area contributed by atoms with Crippen molar-refractivity contribution in [3.05, 3.63) is 70.5 Å². The second kappa shape index (κ2) is 7.43. The Kier molecular flexibility index (Phi) is 5.25. The summed E-state index contributed by atoms with van der Waals surface area (Å²) in [6, 6.07) is 6.20. The van der Waals surface area contributed by atoms with Gasteiger partial charge >= 0.3 is 0 Å². The SMILES string of the molecule is O=C(c1c(F)c(F)cc(F)c1F)N1CCC(Cc2ccc(F)cc2)CC1. The minimum absolute atomic E-state index is 0.0797. The fourth-order valence-corrected chi connectivity index (χ4v) is 3.21. The number of carbonyl (C=O) groups excluding carboxylic acids is 1. The molecular formula is C19H16F5NO. The molecule has 0 aliphatic carbocycles. The van der Waals surface area contributed by atoms with E-state index in [0.717, 1.165) is 5.56 Å². The third kappa shape index (κ3) is 3.71. The standard InChI is InChI=1S/C19H16F5NO/c20-13-3-1-11(2-4-13)9-12-5-7-25(8-6-12)19(26)16-17(23)14(21)10-15(22)18(16)24/h1-4,10,12H,5-9H2. The van der Waals surface area contributed by atoms with E-state index in [1.807, 2.05) is 0 Å². The molecule has 26 heavy (non-hydrogen) atoms. The molecule has 2 aromatic carbocycles. The van der Waals surface area contributed by atoms with E-state index in [1.54, 1.807) is 12.1 Å². The van der Waals surface area contributed by atoms with Gasteiger partial charge in [0.05, 0.1) is 0 Å². The summed E-state index contributed by atoms with van der Waals surface area (Å²) in [4.78, 5) is 13.5. The van der Waals surface area contributed by atoms with Gasteiger partial charge in [0, 0.05) is 19.2 Å². The predicted molar refractivity (Wildman–Crippen MR) is 85.0 cm³/mol. The topological polar surface area (TPSA) is 20.3 Å². The molecular weight excluding hydrogens is 353 g/mol. The average Bonchev–Trinajstić information content (AvgIpc) is 2.63. The van der Waals surface area contributed by atoms with E-state index < -0.39 is 34.7 Å². The first-order valence-electron chi connectivity index (χ1n) is 8.23. The van der Waals surface area contributed by atoms with Crippen molar-refractivity contribution in [3.63, 3.8) is 0 Å². The van der Waals surface area contributed by atoms with Gasteiger partial charge in [0.1, 0.15) is 11.4 Å². The average molecular weight is 369 g/mol. The molecule has 0 bridgehead atoms. The van der Waals surface area contributed by atoms with Gasteiger partial charge in [0.2, 0.25) is 0 Å². The minimum Gasteiger partial charge on any atom is -0.338 e. The number of nitrogens with zero attached hydrogens (tertiary/aromatic N) is 1. The molecule has 1 aliphatic rings. The monoisotopic (exact) mass is 369 g/mol. The summed E-state index contributed by atoms with van der Waals surface area (Å²) in [5.41, 5.74) is -0.236. The summed E-state index contributed by atoms with van der Waals surface area (Å²) < 4.78 is 67.1. The summed E-state index contributed by atoms with van der Waals surface area (Å²) in [5, 5.41) is 0. The van der Waals surface area contributed by atoms with Crippen LogP contribution in [0.5, 0.6) is 0 Å². The van der Waals surface area contributed by atoms with Crippen LogP contribution in [-0.4, -0.2) is 23.9 Å². The normalized spacial score (nSPS) is 15.3. The molecule has 0 spiro atoms. The maximum Gasteiger partial charge on any atom is 0.260 e. The van der Waals surface area contributed by atoms with Crippen LogP contribution in [0.4, 0.5) is 22.0 Å². The molecule has 0 radical (unpaired) electrons. The van der Waals surface area contributed by atoms with Gasteiger partial charge in [-0.3, -0.25) is 4.79 Å². The molecule has 0 N–H and O–H groups in total. The number of hydrogen-bond acceptors (Lipinski definition) is 1. The Bertz CT molecular complexity index is 787. The molecule has 0 saturated carbocycles. The largest absolute Gasteiger partial charge is 0.338 e. The number of amides is 1. The van der Waals surface area contributed by atoms with Crippen molar-refractivity contribution in [2.24, 2.45) is 5.92 Å². The highest BCUT2D eigenvalue weighted by atomic mass is 19.2. The Morgan fingerprint density at radius 1 is 0.923 bits per heavy atom. The van der Waals surface area contributed by atoms with Crippen LogP contribution in [-0.2, 0) is 6.42 Å². The van der Waals surface area contributed by atoms with Crippen molar-refractivity contribution in [2.45, 2.75) is 19.3 Å². The molecule has 1 saturated heterocycles. The molecule has 0 unspecified atom stereocenters. The zero-order valence-corrected chi connectivity index (χ0v) is 13.7. The van der Waals surface area contributed by atoms with Crippen molar-refractivity contribution in [3.8, 4) is 0 Å². The summed E-state index contributed by atoms with van der Waals surface area (Å²) in [6.07, 6.45) is 1.84. The van der Waals surface area contributed by atoms with Gasteiger partial charge < -0.3 is 4.90 Å². The van der Waals surface area contributed by atoms with E-state index in [2.05, 4.69) is 0 Å². The Morgan fingerprint density at radius 3 is 2.00 bits per heavy atom. The summed E-state index contributed by atoms with van der Waals surface area (Å²) in [6.45, 7) is 0.448. The van der Waals surface area contributed by atoms with Gasteiger partial charge in [-0.2, -0.15) is 0 Å². The van der Waals surface area contributed by atoms with Gasteiger partial charge in [0.15, 0.2) is 23.3 Å². The molecule has 1 amide bonds. The molecule has 0 atom stereocenters. The molecule has 1 fully saturated rings. The Balaban J connectivity index is 1.67. The van der Waals surface area contributed by atoms with Gasteiger partial charge in [-0.15, -0.1) is 0 Å². The molecule has 0 aromatic heterocycles. The Morgan fingerprint density at radius 2 is 1.46 bits per heavy atom. The Hall–Kier alpha value is -2.44. The maximum atomic E-state index is 13.8. The fourth-order valence-electron chi connectivity index (χ4n) is 3.21. The van der Waals surface area contributed by atoms with Crippen LogP contribution in [0, 0.1) is 35.0 Å². The first-order valence-corrected chi connectivity index (χ1v) is 8.23. The quantitative estimate of drug-likeness (QED) is 0.577. The van der Waals surface area contributed by atoms with E-state index in [1.165, 1.54) is 17.0 Å². The molecule has 1 aliphatic heterocycles. The molecule has 138 valence electrons. The second-order valence-electron chi connectivity index (χ2n) is 6.41. The summed E-state index contributed by atoms with van der Waals surface area (Å²) in [7, 11) is 0. The van der Waals surface area contributed by atoms with Gasteiger partial charge in [0.25, 0.3) is 5.91 Å². The minimum atomic E-state index is -1.68. The van der Waals surface area contributed by atoms with Gasteiger partial charge in [-0.1, -0.05) is 12.1 Å². The highest BCUT2D eigenvalue weighted by Gasteiger charge is 2.30. The van der Waals surface area contributed by atoms with Gasteiger partial charge in [-0.05, 0) is 42.9 Å². The maximum absolute atomic E-state index is 13.8. The van der Waals surface area contributed by atoms with Crippen molar-refractivity contribution >= 4 is 5.91 Å². The van der Waals surface area contributed by atoms with Crippen molar-refractivity contribution in [1.29, 1.82) is 0 Å². The number of hydrogen-bond donors (Lipinski definition) is 0. The molecule has 3 rings (SSSR count). The van der Waals surface area contributed by atoms with E-state index in [0.29, 0.717) is 19.3 Å². The number of benzene rings is 2. The van der Waals surface area contributed by atoms with Crippen LogP contribution >= 0.6 is 0 Å². The van der Waals surface area contributed by atoms with Crippen LogP contribution in [0.1, 0.15) is 28.8 Å². The zero-order valence-electron chi connectivity index (χ0n) is 13.7. The number of rotatable bonds is 3. The highest BCUT2D eigenvalue weighted by molar-refractivity contribution is 5.95. The fraction of sp³-hybridized carbons (Fsp3) is 0.316. The third-order valence-electron chi connectivity index (χ3n) is 4.67. The first kappa shape index (κ1) is 18.4. The van der Waals surface area contributed by atoms with Crippen molar-refractivity contribution in [2.75, 3.05) is 13.1 Å². The first-order chi connectivity index (χ1) is 12.4. The zero-order chi connectivity index (χ0) is 18.8. The summed E-state index contributed by atoms with van der Waals surface area (Å²) in [5.74, 6) is -7.70. The molecule has 2 nitrogen and oxygen atoms in total. The van der Waals surface area contributed by atoms with Crippen molar-refractivity contribution < 1.29 is 26.7 Å². The second-order valence-corrected chi connectivity index (χ2v) is 6.41. The number of carbonyl (C=O) groups is 1. The van der Waals surface area contributed by atoms with Crippen LogP contribution in [0.25, 0.3) is 0 Å². The van der Waals surface area contributed by atoms with Crippen LogP contribution in [0.15, 0.2) is 30.3 Å². The van der Waals surface area contributed by atoms with Crippen LogP contribution in [0.2, 0.25) is 0 Å². The van der Waals surface area contributed by atoms with Crippen molar-refractivity contribution in [1.82, 2.24) is 4.90 Å². The summed E-state index contributed by atoms with van der Waals surface area (Å²) >= 11 is 0. The van der Waals surface area contributed by atoms with Crippen LogP contribution in [0.3, 0.4) is 0 Å². The van der Waals surface area contributed by atoms with E-state index in [4.69, 9.17) is 0 Å². The molecule has 2 aromatic rings. The lowest BCUT2D eigenvalue weighted by atomic mass is 9.90. The number of piperidine rings is 1. The van der Waals surface area contributed by atoms with E-state index in [-0.39, 0.29) is 30.9 Å². The van der Waals surface area contributed by atoms with Crippen LogP contribution < -0.4 is 0 Å². The Labute approximate surface area is 147 Å². The smallest absolute Gasteiger partial charge is 0.260 e. The third-order valence-corrected chi connectivity index (χ3v) is 4.67. The lowest BCUT2D eigenvalue weighted by molar-refractivity contribution is 0.0678. The van der Waals surface area contributed by atoms with Gasteiger partial charge in [-0.25, -0.2) is 22.0 Å². The van der Waals surface area contributed by atoms with E-state index in [9.17, 15) is 26.7 Å². The molecule has 7 heteroatoms. The lowest BCUT2D eigenvalue weighted by Crippen LogP contribution is -2.40. The lowest BCUT2D eigenvalue weighted by Gasteiger charge is -2.32. The molecule has 1 heterocycles. The number of likely N-dealkylation sites (tertiary alicyclic amines) is 1. The number of halogens is 5. The van der Waals surface area contributed by atoms with E-state index >= 15 is 0 Å².